The van der Waals surface area contributed by atoms with Crippen LogP contribution in [0.1, 0.15) is 39.2 Å². The SMILES string of the molecule is CC(CNC1CCC(C)C1C)C(=O)OCc1ccccc1. The summed E-state index contributed by atoms with van der Waals surface area (Å²) in [5, 5.41) is 3.54. The molecule has 0 radical (unpaired) electrons. The lowest BCUT2D eigenvalue weighted by atomic mass is 9.97. The highest BCUT2D eigenvalue weighted by Gasteiger charge is 2.30. The van der Waals surface area contributed by atoms with Crippen molar-refractivity contribution in [1.82, 2.24) is 5.32 Å². The Morgan fingerprint density at radius 2 is 2.00 bits per heavy atom. The van der Waals surface area contributed by atoms with Crippen molar-refractivity contribution in [3.8, 4) is 0 Å². The molecule has 1 aliphatic rings. The zero-order valence-corrected chi connectivity index (χ0v) is 13.3. The number of hydrogen-bond acceptors (Lipinski definition) is 3. The van der Waals surface area contributed by atoms with E-state index in [4.69, 9.17) is 4.74 Å². The Kier molecular flexibility index (Phi) is 5.80. The van der Waals surface area contributed by atoms with Crippen molar-refractivity contribution in [2.75, 3.05) is 6.54 Å². The highest BCUT2D eigenvalue weighted by molar-refractivity contribution is 5.72. The molecule has 21 heavy (non-hydrogen) atoms. The summed E-state index contributed by atoms with van der Waals surface area (Å²) in [4.78, 5) is 12.0. The van der Waals surface area contributed by atoms with Crippen LogP contribution in [0.25, 0.3) is 0 Å². The third-order valence-electron chi connectivity index (χ3n) is 4.78. The van der Waals surface area contributed by atoms with Crippen LogP contribution in [0, 0.1) is 17.8 Å². The van der Waals surface area contributed by atoms with Gasteiger partial charge in [-0.2, -0.15) is 0 Å². The Bertz CT molecular complexity index is 446. The van der Waals surface area contributed by atoms with Crippen molar-refractivity contribution in [3.05, 3.63) is 35.9 Å². The van der Waals surface area contributed by atoms with Gasteiger partial charge >= 0.3 is 5.97 Å². The molecule has 2 rings (SSSR count). The number of rotatable bonds is 6. The van der Waals surface area contributed by atoms with Gasteiger partial charge in [-0.05, 0) is 30.2 Å². The van der Waals surface area contributed by atoms with Crippen LogP contribution in [0.5, 0.6) is 0 Å². The molecule has 0 aliphatic heterocycles. The summed E-state index contributed by atoms with van der Waals surface area (Å²) in [6.07, 6.45) is 2.50. The van der Waals surface area contributed by atoms with Crippen molar-refractivity contribution in [2.24, 2.45) is 17.8 Å². The molecule has 1 fully saturated rings. The number of nitrogens with one attached hydrogen (secondary N) is 1. The fourth-order valence-electron chi connectivity index (χ4n) is 2.94. The van der Waals surface area contributed by atoms with E-state index in [1.165, 1.54) is 12.8 Å². The fraction of sp³-hybridized carbons (Fsp3) is 0.611. The first-order valence-electron chi connectivity index (χ1n) is 8.02. The maximum Gasteiger partial charge on any atom is 0.310 e. The molecule has 1 aliphatic carbocycles. The first-order chi connectivity index (χ1) is 10.1. The molecule has 4 atom stereocenters. The summed E-state index contributed by atoms with van der Waals surface area (Å²) >= 11 is 0. The van der Waals surface area contributed by atoms with Crippen molar-refractivity contribution < 1.29 is 9.53 Å². The third-order valence-corrected chi connectivity index (χ3v) is 4.78. The molecule has 3 heteroatoms. The minimum Gasteiger partial charge on any atom is -0.461 e. The summed E-state index contributed by atoms with van der Waals surface area (Å²) in [7, 11) is 0. The van der Waals surface area contributed by atoms with Crippen LogP contribution < -0.4 is 5.32 Å². The molecule has 116 valence electrons. The third kappa shape index (κ3) is 4.57. The van der Waals surface area contributed by atoms with Gasteiger partial charge in [-0.25, -0.2) is 0 Å². The van der Waals surface area contributed by atoms with Crippen LogP contribution >= 0.6 is 0 Å². The Morgan fingerprint density at radius 1 is 1.29 bits per heavy atom. The smallest absolute Gasteiger partial charge is 0.310 e. The monoisotopic (exact) mass is 289 g/mol. The van der Waals surface area contributed by atoms with E-state index in [1.54, 1.807) is 0 Å². The average molecular weight is 289 g/mol. The van der Waals surface area contributed by atoms with Crippen LogP contribution in [0.3, 0.4) is 0 Å². The molecule has 0 amide bonds. The summed E-state index contributed by atoms with van der Waals surface area (Å²) in [6, 6.07) is 10.4. The molecule has 0 aromatic heterocycles. The second-order valence-corrected chi connectivity index (χ2v) is 6.42. The Labute approximate surface area is 128 Å². The van der Waals surface area contributed by atoms with E-state index in [2.05, 4.69) is 19.2 Å². The van der Waals surface area contributed by atoms with Crippen LogP contribution in [0.2, 0.25) is 0 Å². The van der Waals surface area contributed by atoms with E-state index in [9.17, 15) is 4.79 Å². The van der Waals surface area contributed by atoms with E-state index < -0.39 is 0 Å². The van der Waals surface area contributed by atoms with Gasteiger partial charge in [0.25, 0.3) is 0 Å². The van der Waals surface area contributed by atoms with Gasteiger partial charge in [0.1, 0.15) is 6.61 Å². The molecule has 3 nitrogen and oxygen atoms in total. The van der Waals surface area contributed by atoms with Gasteiger partial charge in [-0.3, -0.25) is 4.79 Å². The molecule has 0 spiro atoms. The first kappa shape index (κ1) is 16.0. The van der Waals surface area contributed by atoms with E-state index in [-0.39, 0.29) is 11.9 Å². The van der Waals surface area contributed by atoms with Gasteiger partial charge in [-0.15, -0.1) is 0 Å². The molecule has 4 unspecified atom stereocenters. The number of carbonyl (C=O) groups is 1. The maximum absolute atomic E-state index is 12.0. The Morgan fingerprint density at radius 3 is 2.62 bits per heavy atom. The van der Waals surface area contributed by atoms with E-state index in [0.717, 1.165) is 11.5 Å². The van der Waals surface area contributed by atoms with Crippen molar-refractivity contribution in [2.45, 2.75) is 46.3 Å². The van der Waals surface area contributed by atoms with Gasteiger partial charge < -0.3 is 10.1 Å². The van der Waals surface area contributed by atoms with E-state index in [0.29, 0.717) is 25.1 Å². The number of hydrogen-bond donors (Lipinski definition) is 1. The van der Waals surface area contributed by atoms with Gasteiger partial charge in [0.15, 0.2) is 0 Å². The molecule has 0 heterocycles. The zero-order chi connectivity index (χ0) is 15.2. The quantitative estimate of drug-likeness (QED) is 0.816. The lowest BCUT2D eigenvalue weighted by molar-refractivity contribution is -0.149. The lowest BCUT2D eigenvalue weighted by Crippen LogP contribution is -2.37. The van der Waals surface area contributed by atoms with Gasteiger partial charge in [-0.1, -0.05) is 51.1 Å². The van der Waals surface area contributed by atoms with E-state index >= 15 is 0 Å². The molecular weight excluding hydrogens is 262 g/mol. The summed E-state index contributed by atoms with van der Waals surface area (Å²) < 4.78 is 5.37. The summed E-state index contributed by atoms with van der Waals surface area (Å²) in [5.41, 5.74) is 1.03. The molecular formula is C18H27NO2. The minimum absolute atomic E-state index is 0.100. The number of benzene rings is 1. The van der Waals surface area contributed by atoms with Crippen LogP contribution in [-0.2, 0) is 16.1 Å². The fourth-order valence-corrected chi connectivity index (χ4v) is 2.94. The number of esters is 1. The van der Waals surface area contributed by atoms with Crippen molar-refractivity contribution >= 4 is 5.97 Å². The molecule has 1 aromatic carbocycles. The largest absolute Gasteiger partial charge is 0.461 e. The predicted molar refractivity (Wildman–Crippen MR) is 84.8 cm³/mol. The minimum atomic E-state index is -0.120. The number of carbonyl (C=O) groups excluding carboxylic acids is 1. The average Bonchev–Trinajstić information content (AvgIpc) is 2.83. The molecule has 1 N–H and O–H groups in total. The van der Waals surface area contributed by atoms with Crippen LogP contribution in [0.15, 0.2) is 30.3 Å². The van der Waals surface area contributed by atoms with Crippen LogP contribution in [-0.4, -0.2) is 18.6 Å². The highest BCUT2D eigenvalue weighted by atomic mass is 16.5. The molecule has 0 saturated heterocycles. The summed E-state index contributed by atoms with van der Waals surface area (Å²) in [6.45, 7) is 7.61. The second-order valence-electron chi connectivity index (χ2n) is 6.42. The van der Waals surface area contributed by atoms with Crippen molar-refractivity contribution in [1.29, 1.82) is 0 Å². The van der Waals surface area contributed by atoms with Gasteiger partial charge in [0.2, 0.25) is 0 Å². The first-order valence-corrected chi connectivity index (χ1v) is 8.02. The lowest BCUT2D eigenvalue weighted by Gasteiger charge is -2.21. The Hall–Kier alpha value is -1.35. The van der Waals surface area contributed by atoms with Gasteiger partial charge in [0, 0.05) is 12.6 Å². The normalized spacial score (nSPS) is 26.5. The molecule has 1 saturated carbocycles. The highest BCUT2D eigenvalue weighted by Crippen LogP contribution is 2.31. The zero-order valence-electron chi connectivity index (χ0n) is 13.3. The maximum atomic E-state index is 12.0. The predicted octanol–water partition coefficient (Wildman–Crippen LogP) is 3.39. The van der Waals surface area contributed by atoms with Crippen molar-refractivity contribution in [3.63, 3.8) is 0 Å². The van der Waals surface area contributed by atoms with Gasteiger partial charge in [0.05, 0.1) is 5.92 Å². The van der Waals surface area contributed by atoms with Crippen LogP contribution in [0.4, 0.5) is 0 Å². The number of ether oxygens (including phenoxy) is 1. The standard InChI is InChI=1S/C18H27NO2/c1-13-9-10-17(15(13)3)19-11-14(2)18(20)21-12-16-7-5-4-6-8-16/h4-8,13-15,17,19H,9-12H2,1-3H3. The van der Waals surface area contributed by atoms with E-state index in [1.807, 2.05) is 37.3 Å². The topological polar surface area (TPSA) is 38.3 Å². The molecule has 1 aromatic rings. The second kappa shape index (κ2) is 7.60. The molecule has 0 bridgehead atoms. The summed E-state index contributed by atoms with van der Waals surface area (Å²) in [5.74, 6) is 1.25. The Balaban J connectivity index is 1.70.